The monoisotopic (exact) mass is 579 g/mol. The van der Waals surface area contributed by atoms with Crippen molar-refractivity contribution in [2.75, 3.05) is 20.0 Å². The molecule has 1 amide bonds. The molecule has 5 rings (SSSR count). The van der Waals surface area contributed by atoms with Crippen LogP contribution in [0, 0.1) is 0 Å². The maximum atomic E-state index is 12.6. The zero-order valence-corrected chi connectivity index (χ0v) is 24.0. The summed E-state index contributed by atoms with van der Waals surface area (Å²) in [4.78, 5) is 12.6. The Morgan fingerprint density at radius 1 is 0.881 bits per heavy atom. The number of carbonyl (C=O) groups is 1. The predicted octanol–water partition coefficient (Wildman–Crippen LogP) is 5.77. The minimum Gasteiger partial charge on any atom is -0.493 e. The summed E-state index contributed by atoms with van der Waals surface area (Å²) in [6.45, 7) is 0.496. The number of ether oxygens (including phenoxy) is 3. The van der Waals surface area contributed by atoms with Crippen molar-refractivity contribution in [3.05, 3.63) is 114 Å². The molecule has 4 aromatic carbocycles. The van der Waals surface area contributed by atoms with Gasteiger partial charge < -0.3 is 14.2 Å². The Labute approximate surface area is 248 Å². The van der Waals surface area contributed by atoms with Crippen LogP contribution in [0.1, 0.15) is 11.1 Å². The third-order valence-corrected chi connectivity index (χ3v) is 7.08. The van der Waals surface area contributed by atoms with Crippen LogP contribution in [0.25, 0.3) is 17.1 Å². The Morgan fingerprint density at radius 3 is 2.31 bits per heavy atom. The van der Waals surface area contributed by atoms with Gasteiger partial charge in [0.2, 0.25) is 0 Å². The first-order chi connectivity index (χ1) is 20.6. The molecule has 0 radical (unpaired) electrons. The van der Waals surface area contributed by atoms with Gasteiger partial charge in [-0.1, -0.05) is 60.3 Å². The predicted molar refractivity (Wildman–Crippen MR) is 164 cm³/mol. The van der Waals surface area contributed by atoms with E-state index >= 15 is 0 Å². The van der Waals surface area contributed by atoms with Crippen LogP contribution in [-0.4, -0.2) is 46.9 Å². The normalized spacial score (nSPS) is 10.9. The SMILES string of the molecule is COc1ccc(-c2nnc(SCC(=O)NN=Cc3ccc(OCc4ccccc4)cc3)n2-c2ccccc2)cc1OC. The summed E-state index contributed by atoms with van der Waals surface area (Å²) in [7, 11) is 3.18. The first-order valence-electron chi connectivity index (χ1n) is 13.1. The molecular weight excluding hydrogens is 550 g/mol. The lowest BCUT2D eigenvalue weighted by molar-refractivity contribution is -0.118. The highest BCUT2D eigenvalue weighted by Gasteiger charge is 2.18. The first-order valence-corrected chi connectivity index (χ1v) is 14.1. The maximum Gasteiger partial charge on any atom is 0.250 e. The van der Waals surface area contributed by atoms with Gasteiger partial charge in [0.05, 0.1) is 26.2 Å². The number of thioether (sulfide) groups is 1. The molecule has 1 aromatic heterocycles. The minimum absolute atomic E-state index is 0.0977. The zero-order valence-electron chi connectivity index (χ0n) is 23.1. The molecule has 0 bridgehead atoms. The van der Waals surface area contributed by atoms with Gasteiger partial charge in [0.1, 0.15) is 12.4 Å². The molecule has 0 spiro atoms. The lowest BCUT2D eigenvalue weighted by Gasteiger charge is -2.12. The van der Waals surface area contributed by atoms with Gasteiger partial charge in [-0.05, 0) is 65.7 Å². The number of para-hydroxylation sites is 1. The second-order valence-corrected chi connectivity index (χ2v) is 9.91. The van der Waals surface area contributed by atoms with Gasteiger partial charge in [0, 0.05) is 11.3 Å². The van der Waals surface area contributed by atoms with E-state index in [2.05, 4.69) is 20.7 Å². The van der Waals surface area contributed by atoms with E-state index in [0.717, 1.165) is 28.1 Å². The number of nitrogens with one attached hydrogen (secondary N) is 1. The molecule has 9 nitrogen and oxygen atoms in total. The Bertz CT molecular complexity index is 1640. The molecule has 0 atom stereocenters. The van der Waals surface area contributed by atoms with E-state index < -0.39 is 0 Å². The Balaban J connectivity index is 1.21. The van der Waals surface area contributed by atoms with Crippen molar-refractivity contribution >= 4 is 23.9 Å². The van der Waals surface area contributed by atoms with Crippen LogP contribution >= 0.6 is 11.8 Å². The highest BCUT2D eigenvalue weighted by atomic mass is 32.2. The van der Waals surface area contributed by atoms with Crippen molar-refractivity contribution in [2.24, 2.45) is 5.10 Å². The largest absolute Gasteiger partial charge is 0.493 e. The molecule has 212 valence electrons. The lowest BCUT2D eigenvalue weighted by atomic mass is 10.2. The summed E-state index contributed by atoms with van der Waals surface area (Å²) in [5.41, 5.74) is 6.17. The van der Waals surface area contributed by atoms with E-state index in [9.17, 15) is 4.79 Å². The molecule has 1 N–H and O–H groups in total. The highest BCUT2D eigenvalue weighted by molar-refractivity contribution is 7.99. The Hall–Kier alpha value is -5.09. The quantitative estimate of drug-likeness (QED) is 0.114. The van der Waals surface area contributed by atoms with Gasteiger partial charge >= 0.3 is 0 Å². The number of rotatable bonds is 12. The molecule has 0 saturated carbocycles. The fourth-order valence-corrected chi connectivity index (χ4v) is 4.81. The third kappa shape index (κ3) is 7.15. The molecule has 1 heterocycles. The number of amides is 1. The minimum atomic E-state index is -0.269. The summed E-state index contributed by atoms with van der Waals surface area (Å²) < 4.78 is 18.6. The van der Waals surface area contributed by atoms with Crippen molar-refractivity contribution in [3.63, 3.8) is 0 Å². The number of hydrogen-bond acceptors (Lipinski definition) is 8. The number of nitrogens with zero attached hydrogens (tertiary/aromatic N) is 4. The average Bonchev–Trinajstić information content (AvgIpc) is 3.48. The molecule has 0 saturated heterocycles. The van der Waals surface area contributed by atoms with Crippen LogP contribution in [0.2, 0.25) is 0 Å². The van der Waals surface area contributed by atoms with E-state index in [0.29, 0.717) is 29.1 Å². The second-order valence-electron chi connectivity index (χ2n) is 8.97. The fraction of sp³-hybridized carbons (Fsp3) is 0.125. The van der Waals surface area contributed by atoms with E-state index in [4.69, 9.17) is 14.2 Å². The standard InChI is InChI=1S/C32H29N5O4S/c1-39-28-18-15-25(19-29(28)40-2)31-35-36-32(37(31)26-11-7-4-8-12-26)42-22-30(38)34-33-20-23-13-16-27(17-14-23)41-21-24-9-5-3-6-10-24/h3-20H,21-22H2,1-2H3,(H,34,38). The van der Waals surface area contributed by atoms with E-state index in [1.54, 1.807) is 20.4 Å². The molecule has 0 fully saturated rings. The summed E-state index contributed by atoms with van der Waals surface area (Å²) in [5.74, 6) is 2.39. The topological polar surface area (TPSA) is 99.9 Å². The average molecular weight is 580 g/mol. The maximum absolute atomic E-state index is 12.6. The molecule has 42 heavy (non-hydrogen) atoms. The molecule has 10 heteroatoms. The molecule has 0 aliphatic rings. The number of carbonyl (C=O) groups excluding carboxylic acids is 1. The number of hydrogen-bond donors (Lipinski definition) is 1. The van der Waals surface area contributed by atoms with Crippen LogP contribution < -0.4 is 19.6 Å². The summed E-state index contributed by atoms with van der Waals surface area (Å²) in [6, 6.07) is 32.8. The Morgan fingerprint density at radius 2 is 1.60 bits per heavy atom. The molecule has 0 unspecified atom stereocenters. The van der Waals surface area contributed by atoms with Crippen LogP contribution in [0.15, 0.2) is 113 Å². The summed E-state index contributed by atoms with van der Waals surface area (Å²) in [5, 5.41) is 13.5. The second kappa shape index (κ2) is 14.0. The van der Waals surface area contributed by atoms with E-state index in [1.165, 1.54) is 11.8 Å². The third-order valence-electron chi connectivity index (χ3n) is 6.15. The summed E-state index contributed by atoms with van der Waals surface area (Å²) in [6.07, 6.45) is 1.59. The van der Waals surface area contributed by atoms with Crippen LogP contribution in [0.3, 0.4) is 0 Å². The van der Waals surface area contributed by atoms with Gasteiger partial charge in [-0.15, -0.1) is 10.2 Å². The number of hydrazone groups is 1. The highest BCUT2D eigenvalue weighted by Crippen LogP contribution is 2.34. The van der Waals surface area contributed by atoms with Crippen molar-refractivity contribution in [2.45, 2.75) is 11.8 Å². The molecule has 0 aliphatic heterocycles. The van der Waals surface area contributed by atoms with E-state index in [1.807, 2.05) is 108 Å². The van der Waals surface area contributed by atoms with Gasteiger partial charge in [0.25, 0.3) is 5.91 Å². The zero-order chi connectivity index (χ0) is 29.1. The number of methoxy groups -OCH3 is 2. The molecule has 5 aromatic rings. The van der Waals surface area contributed by atoms with Crippen LogP contribution in [0.5, 0.6) is 17.2 Å². The summed E-state index contributed by atoms with van der Waals surface area (Å²) >= 11 is 1.27. The molecule has 0 aliphatic carbocycles. The van der Waals surface area contributed by atoms with Crippen molar-refractivity contribution in [3.8, 4) is 34.3 Å². The molecular formula is C32H29N5O4S. The van der Waals surface area contributed by atoms with Crippen molar-refractivity contribution in [1.29, 1.82) is 0 Å². The van der Waals surface area contributed by atoms with Gasteiger partial charge in [-0.2, -0.15) is 5.10 Å². The number of benzene rings is 4. The first kappa shape index (κ1) is 28.4. The fourth-order valence-electron chi connectivity index (χ4n) is 4.07. The Kier molecular flexibility index (Phi) is 9.48. The number of aromatic nitrogens is 3. The smallest absolute Gasteiger partial charge is 0.250 e. The van der Waals surface area contributed by atoms with Gasteiger partial charge in [0.15, 0.2) is 22.5 Å². The van der Waals surface area contributed by atoms with Crippen molar-refractivity contribution < 1.29 is 19.0 Å². The lowest BCUT2D eigenvalue weighted by Crippen LogP contribution is -2.20. The van der Waals surface area contributed by atoms with Gasteiger partial charge in [-0.3, -0.25) is 9.36 Å². The van der Waals surface area contributed by atoms with Crippen LogP contribution in [-0.2, 0) is 11.4 Å². The van der Waals surface area contributed by atoms with Crippen LogP contribution in [0.4, 0.5) is 0 Å². The van der Waals surface area contributed by atoms with Gasteiger partial charge in [-0.25, -0.2) is 5.43 Å². The van der Waals surface area contributed by atoms with Crippen molar-refractivity contribution in [1.82, 2.24) is 20.2 Å². The van der Waals surface area contributed by atoms with E-state index in [-0.39, 0.29) is 11.7 Å².